The van der Waals surface area contributed by atoms with Crippen molar-refractivity contribution in [3.05, 3.63) is 23.3 Å². The van der Waals surface area contributed by atoms with Crippen LogP contribution in [0.3, 0.4) is 0 Å². The van der Waals surface area contributed by atoms with Crippen molar-refractivity contribution in [1.82, 2.24) is 19.5 Å². The van der Waals surface area contributed by atoms with Gasteiger partial charge in [0.2, 0.25) is 5.28 Å². The zero-order valence-corrected chi connectivity index (χ0v) is 25.0. The van der Waals surface area contributed by atoms with E-state index in [9.17, 15) is 0 Å². The Morgan fingerprint density at radius 3 is 1.97 bits per heavy atom. The van der Waals surface area contributed by atoms with Crippen molar-refractivity contribution in [2.75, 3.05) is 25.6 Å². The zero-order chi connectivity index (χ0) is 25.2. The van der Waals surface area contributed by atoms with E-state index in [-0.39, 0.29) is 15.4 Å². The second-order valence-corrected chi connectivity index (χ2v) is 21.6. The summed E-state index contributed by atoms with van der Waals surface area (Å²) >= 11 is 6.13. The van der Waals surface area contributed by atoms with Gasteiger partial charge in [0.25, 0.3) is 0 Å². The number of fused-ring (bicyclic) bond motifs is 1. The number of nitrogens with zero attached hydrogens (tertiary/aromatic N) is 4. The molecule has 0 amide bonds. The van der Waals surface area contributed by atoms with E-state index in [1.807, 2.05) is 4.57 Å². The summed E-state index contributed by atoms with van der Waals surface area (Å²) in [6, 6.07) is 0. The highest BCUT2D eigenvalue weighted by Crippen LogP contribution is 2.38. The quantitative estimate of drug-likeness (QED) is 0.235. The van der Waals surface area contributed by atoms with Gasteiger partial charge in [-0.1, -0.05) is 47.6 Å². The minimum Gasteiger partial charge on any atom is -0.413 e. The van der Waals surface area contributed by atoms with Gasteiger partial charge in [-0.15, -0.1) is 0 Å². The largest absolute Gasteiger partial charge is 0.413 e. The molecule has 0 radical (unpaired) electrons. The van der Waals surface area contributed by atoms with Crippen LogP contribution in [0.25, 0.3) is 11.2 Å². The summed E-state index contributed by atoms with van der Waals surface area (Å²) in [5, 5.41) is 3.53. The third-order valence-corrected chi connectivity index (χ3v) is 16.2. The van der Waals surface area contributed by atoms with Crippen molar-refractivity contribution >= 4 is 45.2 Å². The van der Waals surface area contributed by atoms with Crippen LogP contribution in [0.5, 0.6) is 0 Å². The monoisotopic (exact) mass is 511 g/mol. The number of halogens is 1. The van der Waals surface area contributed by atoms with Gasteiger partial charge in [-0.05, 0) is 53.4 Å². The van der Waals surface area contributed by atoms with Gasteiger partial charge in [0.1, 0.15) is 0 Å². The first-order valence-corrected chi connectivity index (χ1v) is 17.7. The zero-order valence-electron chi connectivity index (χ0n) is 22.3. The van der Waals surface area contributed by atoms with Crippen molar-refractivity contribution in [3.63, 3.8) is 0 Å². The third kappa shape index (κ3) is 6.88. The summed E-state index contributed by atoms with van der Waals surface area (Å²) in [5.74, 6) is 0.621. The van der Waals surface area contributed by atoms with E-state index in [1.165, 1.54) is 0 Å². The Labute approximate surface area is 206 Å². The van der Waals surface area contributed by atoms with Gasteiger partial charge in [-0.3, -0.25) is 0 Å². The topological polar surface area (TPSA) is 74.1 Å². The van der Waals surface area contributed by atoms with Crippen molar-refractivity contribution in [2.45, 2.75) is 84.4 Å². The summed E-state index contributed by atoms with van der Waals surface area (Å²) in [6.07, 6.45) is 3.95. The molecule has 10 heteroatoms. The van der Waals surface area contributed by atoms with Crippen LogP contribution >= 0.6 is 11.6 Å². The van der Waals surface area contributed by atoms with E-state index in [4.69, 9.17) is 20.5 Å². The number of nitrogens with one attached hydrogen (secondary N) is 1. The average molecular weight is 512 g/mol. The van der Waals surface area contributed by atoms with Gasteiger partial charge >= 0.3 is 0 Å². The lowest BCUT2D eigenvalue weighted by Crippen LogP contribution is -2.43. The van der Waals surface area contributed by atoms with E-state index in [0.717, 1.165) is 5.57 Å². The molecule has 0 unspecified atom stereocenters. The van der Waals surface area contributed by atoms with Gasteiger partial charge in [-0.25, -0.2) is 4.98 Å². The molecule has 1 N–H and O–H groups in total. The van der Waals surface area contributed by atoms with Gasteiger partial charge in [0, 0.05) is 13.6 Å². The lowest BCUT2D eigenvalue weighted by Gasteiger charge is -2.38. The number of imidazole rings is 1. The molecule has 0 aliphatic carbocycles. The maximum absolute atomic E-state index is 6.54. The number of hydrogen-bond donors (Lipinski definition) is 1. The molecule has 0 aromatic carbocycles. The van der Waals surface area contributed by atoms with Crippen molar-refractivity contribution < 1.29 is 8.85 Å². The minimum absolute atomic E-state index is 0.149. The fraction of sp³-hybridized carbons (Fsp3) is 0.696. The molecule has 2 heterocycles. The lowest BCUT2D eigenvalue weighted by atomic mass is 10.2. The van der Waals surface area contributed by atoms with Gasteiger partial charge in [-0.2, -0.15) is 9.97 Å². The Balaban J connectivity index is 2.30. The van der Waals surface area contributed by atoms with Crippen LogP contribution in [0.1, 0.15) is 41.5 Å². The number of aromatic nitrogens is 4. The standard InChI is InChI=1S/C23H42ClN5O2Si2/c1-22(2,3)32(8,9)30-14-17(15-31-33(10,11)23(4,5)6)12-13-29-16-26-18-19(25-7)27-21(24)28-20(18)29/h12,16H,13-15H2,1-11H3,(H,25,27,28). The van der Waals surface area contributed by atoms with Crippen LogP contribution < -0.4 is 5.32 Å². The summed E-state index contributed by atoms with van der Waals surface area (Å²) in [7, 11) is -1.98. The van der Waals surface area contributed by atoms with Crippen LogP contribution in [-0.2, 0) is 15.4 Å². The molecule has 0 fully saturated rings. The van der Waals surface area contributed by atoms with E-state index in [1.54, 1.807) is 13.4 Å². The number of anilines is 1. The fourth-order valence-corrected chi connectivity index (χ4v) is 4.71. The van der Waals surface area contributed by atoms with E-state index in [2.05, 4.69) is 94.1 Å². The van der Waals surface area contributed by atoms with Crippen LogP contribution in [0, 0.1) is 0 Å². The molecule has 2 aromatic rings. The van der Waals surface area contributed by atoms with Gasteiger partial charge in [0.15, 0.2) is 33.6 Å². The maximum atomic E-state index is 6.54. The van der Waals surface area contributed by atoms with Crippen LogP contribution in [0.15, 0.2) is 18.0 Å². The first-order chi connectivity index (χ1) is 15.0. The molecule has 0 spiro atoms. The molecule has 2 rings (SSSR count). The molecular weight excluding hydrogens is 470 g/mol. The van der Waals surface area contributed by atoms with E-state index in [0.29, 0.717) is 36.7 Å². The molecule has 2 aromatic heterocycles. The molecule has 0 aliphatic heterocycles. The SMILES string of the molecule is CNc1nc(Cl)nc2c1ncn2CC=C(CO[Si](C)(C)C(C)(C)C)CO[Si](C)(C)C(C)(C)C. The van der Waals surface area contributed by atoms with Crippen molar-refractivity contribution in [3.8, 4) is 0 Å². The summed E-state index contributed by atoms with van der Waals surface area (Å²) in [4.78, 5) is 13.1. The van der Waals surface area contributed by atoms with E-state index >= 15 is 0 Å². The molecular formula is C23H42ClN5O2Si2. The normalized spacial score (nSPS) is 13.5. The fourth-order valence-electron chi connectivity index (χ4n) is 2.59. The predicted molar refractivity (Wildman–Crippen MR) is 144 cm³/mol. The second kappa shape index (κ2) is 10.2. The van der Waals surface area contributed by atoms with Crippen LogP contribution in [0.4, 0.5) is 5.82 Å². The lowest BCUT2D eigenvalue weighted by molar-refractivity contribution is 0.271. The third-order valence-electron chi connectivity index (χ3n) is 7.10. The Hall–Kier alpha value is -1.27. The Kier molecular flexibility index (Phi) is 8.61. The Morgan fingerprint density at radius 1 is 1.00 bits per heavy atom. The van der Waals surface area contributed by atoms with Crippen LogP contribution in [0.2, 0.25) is 41.5 Å². The molecule has 186 valence electrons. The molecule has 0 saturated carbocycles. The van der Waals surface area contributed by atoms with Gasteiger partial charge < -0.3 is 18.7 Å². The first kappa shape index (κ1) is 28.0. The minimum atomic E-state index is -1.89. The predicted octanol–water partition coefficient (Wildman–Crippen LogP) is 6.49. The highest BCUT2D eigenvalue weighted by atomic mass is 35.5. The average Bonchev–Trinajstić information content (AvgIpc) is 3.07. The molecule has 0 bridgehead atoms. The van der Waals surface area contributed by atoms with Gasteiger partial charge in [0.05, 0.1) is 19.5 Å². The van der Waals surface area contributed by atoms with Crippen molar-refractivity contribution in [1.29, 1.82) is 0 Å². The summed E-state index contributed by atoms with van der Waals surface area (Å²) in [6.45, 7) is 24.4. The van der Waals surface area contributed by atoms with Crippen molar-refractivity contribution in [2.24, 2.45) is 0 Å². The number of hydrogen-bond acceptors (Lipinski definition) is 6. The number of allylic oxidation sites excluding steroid dienone is 1. The Morgan fingerprint density at radius 2 is 1.52 bits per heavy atom. The maximum Gasteiger partial charge on any atom is 0.226 e. The highest BCUT2D eigenvalue weighted by molar-refractivity contribution is 6.74. The number of rotatable bonds is 9. The van der Waals surface area contributed by atoms with E-state index < -0.39 is 16.6 Å². The molecule has 0 aliphatic rings. The Bertz CT molecular complexity index is 959. The molecule has 7 nitrogen and oxygen atoms in total. The molecule has 0 saturated heterocycles. The second-order valence-electron chi connectivity index (χ2n) is 11.6. The summed E-state index contributed by atoms with van der Waals surface area (Å²) < 4.78 is 15.1. The van der Waals surface area contributed by atoms with Crippen LogP contribution in [-0.4, -0.2) is 56.4 Å². The smallest absolute Gasteiger partial charge is 0.226 e. The molecule has 0 atom stereocenters. The summed E-state index contributed by atoms with van der Waals surface area (Å²) in [5.41, 5.74) is 2.54. The first-order valence-electron chi connectivity index (χ1n) is 11.5. The molecule has 33 heavy (non-hydrogen) atoms. The highest BCUT2D eigenvalue weighted by Gasteiger charge is 2.39.